The van der Waals surface area contributed by atoms with Crippen molar-refractivity contribution in [3.8, 4) is 5.75 Å². The van der Waals surface area contributed by atoms with Gasteiger partial charge in [-0.15, -0.1) is 0 Å². The molecule has 2 amide bonds. The Hall–Kier alpha value is -3.93. The first-order valence-electron chi connectivity index (χ1n) is 9.08. The fourth-order valence-corrected chi connectivity index (χ4v) is 2.60. The summed E-state index contributed by atoms with van der Waals surface area (Å²) in [5, 5.41) is 6.77. The molecule has 0 aliphatic rings. The zero-order valence-electron chi connectivity index (χ0n) is 16.0. The molecule has 6 heteroatoms. The molecule has 0 heterocycles. The highest BCUT2D eigenvalue weighted by Crippen LogP contribution is 2.16. The summed E-state index contributed by atoms with van der Waals surface area (Å²) >= 11 is 0. The first-order chi connectivity index (χ1) is 14.1. The van der Waals surface area contributed by atoms with E-state index < -0.39 is 0 Å². The van der Waals surface area contributed by atoms with Gasteiger partial charge in [-0.1, -0.05) is 42.5 Å². The summed E-state index contributed by atoms with van der Waals surface area (Å²) in [5.74, 6) is -0.0814. The van der Waals surface area contributed by atoms with E-state index in [4.69, 9.17) is 4.74 Å². The van der Waals surface area contributed by atoms with E-state index in [-0.39, 0.29) is 18.4 Å². The zero-order chi connectivity index (χ0) is 20.5. The minimum atomic E-state index is -0.308. The molecule has 0 aliphatic carbocycles. The summed E-state index contributed by atoms with van der Waals surface area (Å²) in [5.41, 5.74) is 5.41. The number of aryl methyl sites for hydroxylation is 1. The molecule has 0 spiro atoms. The standard InChI is InChI=1S/C23H21N3O3/c1-17-8-7-12-20(14-17)25-22(27)16-29-21-13-6-5-11-19(21)15-24-26-23(28)18-9-3-2-4-10-18/h2-15H,16H2,1H3,(H,25,27)(H,26,28)/b24-15+. The van der Waals surface area contributed by atoms with Crippen molar-refractivity contribution in [2.45, 2.75) is 6.92 Å². The van der Waals surface area contributed by atoms with Crippen LogP contribution in [0.4, 0.5) is 5.69 Å². The molecule has 0 saturated heterocycles. The number of hydrazone groups is 1. The Bertz CT molecular complexity index is 1020. The summed E-state index contributed by atoms with van der Waals surface area (Å²) in [6, 6.07) is 23.5. The van der Waals surface area contributed by atoms with Crippen LogP contribution in [0.15, 0.2) is 84.0 Å². The maximum Gasteiger partial charge on any atom is 0.271 e. The minimum Gasteiger partial charge on any atom is -0.483 e. The molecule has 29 heavy (non-hydrogen) atoms. The predicted octanol–water partition coefficient (Wildman–Crippen LogP) is 3.78. The van der Waals surface area contributed by atoms with Crippen molar-refractivity contribution in [2.75, 3.05) is 11.9 Å². The van der Waals surface area contributed by atoms with Crippen molar-refractivity contribution in [2.24, 2.45) is 5.10 Å². The minimum absolute atomic E-state index is 0.144. The second-order valence-electron chi connectivity index (χ2n) is 6.31. The molecule has 146 valence electrons. The second kappa shape index (κ2) is 9.85. The number of benzene rings is 3. The van der Waals surface area contributed by atoms with Gasteiger partial charge in [-0.2, -0.15) is 5.10 Å². The maximum absolute atomic E-state index is 12.1. The van der Waals surface area contributed by atoms with Gasteiger partial charge in [0.1, 0.15) is 5.75 Å². The third-order valence-electron chi connectivity index (χ3n) is 3.99. The van der Waals surface area contributed by atoms with E-state index in [9.17, 15) is 9.59 Å². The summed E-state index contributed by atoms with van der Waals surface area (Å²) in [7, 11) is 0. The highest BCUT2D eigenvalue weighted by molar-refractivity contribution is 5.95. The van der Waals surface area contributed by atoms with Gasteiger partial charge < -0.3 is 10.1 Å². The quantitative estimate of drug-likeness (QED) is 0.478. The fourth-order valence-electron chi connectivity index (χ4n) is 2.60. The third kappa shape index (κ3) is 6.04. The highest BCUT2D eigenvalue weighted by atomic mass is 16.5. The van der Waals surface area contributed by atoms with Crippen LogP contribution in [0.3, 0.4) is 0 Å². The van der Waals surface area contributed by atoms with Crippen LogP contribution in [0.5, 0.6) is 5.75 Å². The van der Waals surface area contributed by atoms with Crippen LogP contribution in [-0.2, 0) is 4.79 Å². The number of carbonyl (C=O) groups excluding carboxylic acids is 2. The number of carbonyl (C=O) groups is 2. The lowest BCUT2D eigenvalue weighted by Gasteiger charge is -2.10. The fraction of sp³-hybridized carbons (Fsp3) is 0.0870. The van der Waals surface area contributed by atoms with E-state index in [1.165, 1.54) is 6.21 Å². The molecule has 6 nitrogen and oxygen atoms in total. The van der Waals surface area contributed by atoms with E-state index in [0.29, 0.717) is 16.9 Å². The van der Waals surface area contributed by atoms with Crippen LogP contribution in [-0.4, -0.2) is 24.6 Å². The molecular weight excluding hydrogens is 366 g/mol. The predicted molar refractivity (Wildman–Crippen MR) is 113 cm³/mol. The zero-order valence-corrected chi connectivity index (χ0v) is 16.0. The topological polar surface area (TPSA) is 79.8 Å². The SMILES string of the molecule is Cc1cccc(NC(=O)COc2ccccc2/C=N/NC(=O)c2ccccc2)c1. The molecule has 3 aromatic carbocycles. The normalized spacial score (nSPS) is 10.5. The van der Waals surface area contributed by atoms with Gasteiger partial charge in [0.05, 0.1) is 6.21 Å². The molecule has 0 aromatic heterocycles. The number of amides is 2. The Morgan fingerprint density at radius 1 is 0.966 bits per heavy atom. The van der Waals surface area contributed by atoms with Crippen molar-refractivity contribution < 1.29 is 14.3 Å². The Balaban J connectivity index is 1.57. The van der Waals surface area contributed by atoms with E-state index >= 15 is 0 Å². The molecule has 0 unspecified atom stereocenters. The Morgan fingerprint density at radius 2 is 1.72 bits per heavy atom. The van der Waals surface area contributed by atoms with Crippen LogP contribution in [0.2, 0.25) is 0 Å². The lowest BCUT2D eigenvalue weighted by Crippen LogP contribution is -2.20. The van der Waals surface area contributed by atoms with Gasteiger partial charge in [0.2, 0.25) is 0 Å². The van der Waals surface area contributed by atoms with Crippen molar-refractivity contribution in [1.82, 2.24) is 5.43 Å². The van der Waals surface area contributed by atoms with E-state index in [1.807, 2.05) is 43.3 Å². The molecule has 2 N–H and O–H groups in total. The van der Waals surface area contributed by atoms with Gasteiger partial charge in [0, 0.05) is 16.8 Å². The maximum atomic E-state index is 12.1. The van der Waals surface area contributed by atoms with E-state index in [2.05, 4.69) is 15.8 Å². The van der Waals surface area contributed by atoms with E-state index in [0.717, 1.165) is 11.3 Å². The van der Waals surface area contributed by atoms with Gasteiger partial charge in [0.25, 0.3) is 11.8 Å². The molecule has 0 atom stereocenters. The van der Waals surface area contributed by atoms with Crippen molar-refractivity contribution >= 4 is 23.7 Å². The number of ether oxygens (including phenoxy) is 1. The highest BCUT2D eigenvalue weighted by Gasteiger charge is 2.07. The van der Waals surface area contributed by atoms with Gasteiger partial charge in [-0.25, -0.2) is 5.43 Å². The van der Waals surface area contributed by atoms with Crippen molar-refractivity contribution in [3.05, 3.63) is 95.6 Å². The molecule has 0 saturated carbocycles. The van der Waals surface area contributed by atoms with Crippen LogP contribution in [0.1, 0.15) is 21.5 Å². The van der Waals surface area contributed by atoms with Crippen molar-refractivity contribution in [3.63, 3.8) is 0 Å². The number of rotatable bonds is 7. The molecule has 0 bridgehead atoms. The van der Waals surface area contributed by atoms with E-state index in [1.54, 1.807) is 42.5 Å². The average Bonchev–Trinajstić information content (AvgIpc) is 2.73. The second-order valence-corrected chi connectivity index (χ2v) is 6.31. The molecule has 0 aliphatic heterocycles. The van der Waals surface area contributed by atoms with Crippen LogP contribution >= 0.6 is 0 Å². The largest absolute Gasteiger partial charge is 0.483 e. The number of hydrogen-bond donors (Lipinski definition) is 2. The smallest absolute Gasteiger partial charge is 0.271 e. The third-order valence-corrected chi connectivity index (χ3v) is 3.99. The van der Waals surface area contributed by atoms with Gasteiger partial charge >= 0.3 is 0 Å². The van der Waals surface area contributed by atoms with Crippen LogP contribution < -0.4 is 15.5 Å². The lowest BCUT2D eigenvalue weighted by molar-refractivity contribution is -0.118. The summed E-state index contributed by atoms with van der Waals surface area (Å²) < 4.78 is 5.63. The van der Waals surface area contributed by atoms with Crippen molar-refractivity contribution in [1.29, 1.82) is 0 Å². The number of nitrogens with one attached hydrogen (secondary N) is 2. The monoisotopic (exact) mass is 387 g/mol. The Morgan fingerprint density at radius 3 is 2.52 bits per heavy atom. The Labute approximate surface area is 169 Å². The summed E-state index contributed by atoms with van der Waals surface area (Å²) in [6.07, 6.45) is 1.48. The first kappa shape index (κ1) is 19.8. The van der Waals surface area contributed by atoms with Crippen LogP contribution in [0, 0.1) is 6.92 Å². The molecule has 3 aromatic rings. The number of anilines is 1. The number of para-hydroxylation sites is 1. The number of nitrogens with zero attached hydrogens (tertiary/aromatic N) is 1. The summed E-state index contributed by atoms with van der Waals surface area (Å²) in [6.45, 7) is 1.81. The first-order valence-corrected chi connectivity index (χ1v) is 9.08. The van der Waals surface area contributed by atoms with Gasteiger partial charge in [-0.3, -0.25) is 9.59 Å². The average molecular weight is 387 g/mol. The van der Waals surface area contributed by atoms with Gasteiger partial charge in [0.15, 0.2) is 6.61 Å². The van der Waals surface area contributed by atoms with Crippen LogP contribution in [0.25, 0.3) is 0 Å². The molecular formula is C23H21N3O3. The molecule has 3 rings (SSSR count). The summed E-state index contributed by atoms with van der Waals surface area (Å²) in [4.78, 5) is 24.2. The molecule has 0 radical (unpaired) electrons. The Kier molecular flexibility index (Phi) is 6.73. The van der Waals surface area contributed by atoms with Gasteiger partial charge in [-0.05, 0) is 48.9 Å². The number of hydrogen-bond acceptors (Lipinski definition) is 4. The molecule has 0 fully saturated rings. The lowest BCUT2D eigenvalue weighted by atomic mass is 10.2.